The van der Waals surface area contributed by atoms with E-state index < -0.39 is 28.5 Å². The van der Waals surface area contributed by atoms with Gasteiger partial charge in [-0.15, -0.1) is 0 Å². The lowest BCUT2D eigenvalue weighted by Crippen LogP contribution is -2.54. The number of benzene rings is 4. The smallest absolute Gasteiger partial charge is 0.264 e. The molecule has 0 unspecified atom stereocenters. The van der Waals surface area contributed by atoms with Crippen molar-refractivity contribution < 1.29 is 27.5 Å². The molecule has 0 spiro atoms. The molecule has 242 valence electrons. The molecule has 0 bridgehead atoms. The zero-order valence-electron chi connectivity index (χ0n) is 26.6. The summed E-state index contributed by atoms with van der Waals surface area (Å²) in [6.07, 6.45) is 0.920. The molecule has 0 aliphatic rings. The predicted molar refractivity (Wildman–Crippen MR) is 179 cm³/mol. The van der Waals surface area contributed by atoms with Crippen molar-refractivity contribution in [1.29, 1.82) is 0 Å². The lowest BCUT2D eigenvalue weighted by molar-refractivity contribution is -0.140. The Hall–Kier alpha value is -4.83. The van der Waals surface area contributed by atoms with Crippen LogP contribution < -0.4 is 19.1 Å². The second-order valence-electron chi connectivity index (χ2n) is 10.9. The number of para-hydroxylation sites is 2. The standard InChI is InChI=1S/C36H41N3O6S/c1-5-27(2)37-36(41)33(24-28-15-8-6-9-16-28)38(25-29-17-14-18-30(23-29)44-3)35(40)26-39(32-21-12-13-22-34(32)45-4)46(42,43)31-19-10-7-11-20-31/h6-23,27,33H,5,24-26H2,1-4H3,(H,37,41)/t27-,33+/m1/s1. The van der Waals surface area contributed by atoms with E-state index in [1.54, 1.807) is 61.7 Å². The zero-order chi connectivity index (χ0) is 33.1. The Morgan fingerprint density at radius 1 is 0.804 bits per heavy atom. The molecule has 0 heterocycles. The van der Waals surface area contributed by atoms with Crippen LogP contribution in [0.4, 0.5) is 5.69 Å². The highest BCUT2D eigenvalue weighted by atomic mass is 32.2. The normalized spacial score (nSPS) is 12.4. The SMILES string of the molecule is CC[C@@H](C)NC(=O)[C@H](Cc1ccccc1)N(Cc1cccc(OC)c1)C(=O)CN(c1ccccc1OC)S(=O)(=O)c1ccccc1. The maximum absolute atomic E-state index is 14.6. The number of sulfonamides is 1. The van der Waals surface area contributed by atoms with Crippen LogP contribution in [0, 0.1) is 0 Å². The molecule has 9 nitrogen and oxygen atoms in total. The number of amides is 2. The number of ether oxygens (including phenoxy) is 2. The van der Waals surface area contributed by atoms with E-state index in [2.05, 4.69) is 5.32 Å². The van der Waals surface area contributed by atoms with E-state index in [0.717, 1.165) is 15.4 Å². The highest BCUT2D eigenvalue weighted by Gasteiger charge is 2.35. The van der Waals surface area contributed by atoms with Gasteiger partial charge in [0.05, 0.1) is 24.8 Å². The quantitative estimate of drug-likeness (QED) is 0.185. The van der Waals surface area contributed by atoms with Gasteiger partial charge in [-0.25, -0.2) is 8.42 Å². The molecule has 4 aromatic carbocycles. The summed E-state index contributed by atoms with van der Waals surface area (Å²) in [6.45, 7) is 3.33. The first-order valence-electron chi connectivity index (χ1n) is 15.1. The summed E-state index contributed by atoms with van der Waals surface area (Å²) >= 11 is 0. The first-order valence-corrected chi connectivity index (χ1v) is 16.6. The second-order valence-corrected chi connectivity index (χ2v) is 12.8. The monoisotopic (exact) mass is 643 g/mol. The maximum atomic E-state index is 14.6. The van der Waals surface area contributed by atoms with Gasteiger partial charge in [0.1, 0.15) is 24.1 Å². The number of methoxy groups -OCH3 is 2. The van der Waals surface area contributed by atoms with Crippen LogP contribution in [-0.2, 0) is 32.6 Å². The van der Waals surface area contributed by atoms with Gasteiger partial charge >= 0.3 is 0 Å². The minimum absolute atomic E-state index is 0.0170. The third-order valence-corrected chi connectivity index (χ3v) is 9.50. The Morgan fingerprint density at radius 2 is 1.43 bits per heavy atom. The van der Waals surface area contributed by atoms with E-state index in [4.69, 9.17) is 9.47 Å². The van der Waals surface area contributed by atoms with Gasteiger partial charge in [-0.2, -0.15) is 0 Å². The van der Waals surface area contributed by atoms with E-state index in [0.29, 0.717) is 12.2 Å². The number of hydrogen-bond acceptors (Lipinski definition) is 6. The average Bonchev–Trinajstić information content (AvgIpc) is 3.09. The first kappa shape index (κ1) is 34.1. The van der Waals surface area contributed by atoms with Crippen molar-refractivity contribution in [2.75, 3.05) is 25.1 Å². The number of rotatable bonds is 15. The fraction of sp³-hybridized carbons (Fsp3) is 0.278. The number of nitrogens with zero attached hydrogens (tertiary/aromatic N) is 2. The Kier molecular flexibility index (Phi) is 11.8. The molecular weight excluding hydrogens is 602 g/mol. The molecule has 0 fully saturated rings. The molecule has 10 heteroatoms. The van der Waals surface area contributed by atoms with E-state index in [1.165, 1.54) is 24.1 Å². The van der Waals surface area contributed by atoms with Crippen molar-refractivity contribution in [2.45, 2.75) is 50.2 Å². The number of carbonyl (C=O) groups excluding carboxylic acids is 2. The molecule has 4 aromatic rings. The zero-order valence-corrected chi connectivity index (χ0v) is 27.4. The number of anilines is 1. The second kappa shape index (κ2) is 15.9. The highest BCUT2D eigenvalue weighted by Crippen LogP contribution is 2.32. The van der Waals surface area contributed by atoms with Crippen molar-refractivity contribution >= 4 is 27.5 Å². The van der Waals surface area contributed by atoms with E-state index in [1.807, 2.05) is 56.3 Å². The van der Waals surface area contributed by atoms with Crippen molar-refractivity contribution in [2.24, 2.45) is 0 Å². The van der Waals surface area contributed by atoms with Crippen molar-refractivity contribution in [1.82, 2.24) is 10.2 Å². The molecule has 1 N–H and O–H groups in total. The molecule has 0 saturated heterocycles. The summed E-state index contributed by atoms with van der Waals surface area (Å²) in [5.41, 5.74) is 1.78. The molecule has 2 atom stereocenters. The van der Waals surface area contributed by atoms with Gasteiger partial charge in [-0.05, 0) is 60.9 Å². The van der Waals surface area contributed by atoms with Gasteiger partial charge in [0.2, 0.25) is 11.8 Å². The lowest BCUT2D eigenvalue weighted by Gasteiger charge is -2.34. The molecule has 4 rings (SSSR count). The summed E-state index contributed by atoms with van der Waals surface area (Å²) < 4.78 is 40.4. The summed E-state index contributed by atoms with van der Waals surface area (Å²) in [5.74, 6) is -0.0157. The Labute approximate surface area is 271 Å². The summed E-state index contributed by atoms with van der Waals surface area (Å²) in [7, 11) is -1.24. The van der Waals surface area contributed by atoms with Gasteiger partial charge in [0, 0.05) is 19.0 Å². The fourth-order valence-corrected chi connectivity index (χ4v) is 6.48. The molecule has 0 saturated carbocycles. The molecule has 0 aliphatic heterocycles. The summed E-state index contributed by atoms with van der Waals surface area (Å²) in [6, 6.07) is 30.2. The molecule has 2 amide bonds. The van der Waals surface area contributed by atoms with Crippen molar-refractivity contribution in [3.63, 3.8) is 0 Å². The molecule has 0 aromatic heterocycles. The van der Waals surface area contributed by atoms with Gasteiger partial charge in [-0.3, -0.25) is 13.9 Å². The van der Waals surface area contributed by atoms with Crippen LogP contribution in [0.3, 0.4) is 0 Å². The van der Waals surface area contributed by atoms with Gasteiger partial charge < -0.3 is 19.7 Å². The van der Waals surface area contributed by atoms with Crippen molar-refractivity contribution in [3.05, 3.63) is 120 Å². The van der Waals surface area contributed by atoms with Gasteiger partial charge in [0.15, 0.2) is 0 Å². The maximum Gasteiger partial charge on any atom is 0.264 e. The molecule has 46 heavy (non-hydrogen) atoms. The van der Waals surface area contributed by atoms with Crippen LogP contribution in [0.5, 0.6) is 11.5 Å². The molecular formula is C36H41N3O6S. The largest absolute Gasteiger partial charge is 0.497 e. The van der Waals surface area contributed by atoms with Crippen LogP contribution in [-0.4, -0.2) is 58.0 Å². The van der Waals surface area contributed by atoms with Crippen molar-refractivity contribution in [3.8, 4) is 11.5 Å². The van der Waals surface area contributed by atoms with E-state index >= 15 is 0 Å². The Balaban J connectivity index is 1.84. The van der Waals surface area contributed by atoms with E-state index in [-0.39, 0.29) is 41.2 Å². The first-order chi connectivity index (χ1) is 22.2. The van der Waals surface area contributed by atoms with Crippen LogP contribution >= 0.6 is 0 Å². The average molecular weight is 644 g/mol. The third-order valence-electron chi connectivity index (χ3n) is 7.72. The number of nitrogens with one attached hydrogen (secondary N) is 1. The Morgan fingerprint density at radius 3 is 2.09 bits per heavy atom. The fourth-order valence-electron chi connectivity index (χ4n) is 5.03. The molecule has 0 radical (unpaired) electrons. The lowest BCUT2D eigenvalue weighted by atomic mass is 10.0. The van der Waals surface area contributed by atoms with Crippen LogP contribution in [0.2, 0.25) is 0 Å². The summed E-state index contributed by atoms with van der Waals surface area (Å²) in [4.78, 5) is 30.1. The number of carbonyl (C=O) groups is 2. The third kappa shape index (κ3) is 8.45. The van der Waals surface area contributed by atoms with Gasteiger partial charge in [-0.1, -0.05) is 79.7 Å². The van der Waals surface area contributed by atoms with E-state index in [9.17, 15) is 18.0 Å². The topological polar surface area (TPSA) is 105 Å². The predicted octanol–water partition coefficient (Wildman–Crippen LogP) is 5.45. The van der Waals surface area contributed by atoms with Crippen LogP contribution in [0.25, 0.3) is 0 Å². The van der Waals surface area contributed by atoms with Gasteiger partial charge in [0.25, 0.3) is 10.0 Å². The Bertz CT molecular complexity index is 1700. The minimum Gasteiger partial charge on any atom is -0.497 e. The summed E-state index contributed by atoms with van der Waals surface area (Å²) in [5, 5.41) is 3.04. The van der Waals surface area contributed by atoms with Crippen LogP contribution in [0.15, 0.2) is 114 Å². The minimum atomic E-state index is -4.24. The molecule has 0 aliphatic carbocycles. The highest BCUT2D eigenvalue weighted by molar-refractivity contribution is 7.92. The van der Waals surface area contributed by atoms with Crippen LogP contribution in [0.1, 0.15) is 31.4 Å². The number of hydrogen-bond donors (Lipinski definition) is 1.